The molecule has 0 aromatic heterocycles. The van der Waals surface area contributed by atoms with Gasteiger partial charge < -0.3 is 4.74 Å². The zero-order valence-corrected chi connectivity index (χ0v) is 11.3. The van der Waals surface area contributed by atoms with Gasteiger partial charge in [0.25, 0.3) is 0 Å². The van der Waals surface area contributed by atoms with Gasteiger partial charge >= 0.3 is 0 Å². The second-order valence-corrected chi connectivity index (χ2v) is 5.49. The smallest absolute Gasteiger partial charge is 0.173 e. The Balaban J connectivity index is 1.67. The maximum Gasteiger partial charge on any atom is 0.173 e. The fourth-order valence-electron chi connectivity index (χ4n) is 2.11. The number of carbonyl (C=O) groups excluding carboxylic acids is 1. The molecule has 0 aliphatic carbocycles. The molecule has 0 N–H and O–H groups in total. The van der Waals surface area contributed by atoms with Gasteiger partial charge in [-0.05, 0) is 35.9 Å². The van der Waals surface area contributed by atoms with Gasteiger partial charge in [0.05, 0.1) is 12.4 Å². The SMILES string of the molecule is O=C(CSc1ccccc1)c1ccc2c(c1)CCO2. The minimum Gasteiger partial charge on any atom is -0.493 e. The average molecular weight is 270 g/mol. The Kier molecular flexibility index (Phi) is 3.56. The number of fused-ring (bicyclic) bond motifs is 1. The molecule has 0 atom stereocenters. The Morgan fingerprint density at radius 1 is 1.16 bits per heavy atom. The molecule has 0 saturated carbocycles. The second kappa shape index (κ2) is 5.49. The van der Waals surface area contributed by atoms with E-state index in [4.69, 9.17) is 4.74 Å². The lowest BCUT2D eigenvalue weighted by atomic mass is 10.1. The van der Waals surface area contributed by atoms with Crippen LogP contribution < -0.4 is 4.74 Å². The number of hydrogen-bond acceptors (Lipinski definition) is 3. The molecule has 2 nitrogen and oxygen atoms in total. The monoisotopic (exact) mass is 270 g/mol. The van der Waals surface area contributed by atoms with E-state index < -0.39 is 0 Å². The summed E-state index contributed by atoms with van der Waals surface area (Å²) in [5.41, 5.74) is 1.93. The number of rotatable bonds is 4. The molecule has 0 amide bonds. The molecule has 0 fully saturated rings. The molecule has 0 saturated heterocycles. The van der Waals surface area contributed by atoms with Gasteiger partial charge in [-0.25, -0.2) is 0 Å². The molecule has 0 spiro atoms. The van der Waals surface area contributed by atoms with Gasteiger partial charge in [-0.1, -0.05) is 18.2 Å². The first-order valence-electron chi connectivity index (χ1n) is 6.30. The highest BCUT2D eigenvalue weighted by Crippen LogP contribution is 2.27. The van der Waals surface area contributed by atoms with Crippen LogP contribution in [-0.4, -0.2) is 18.1 Å². The standard InChI is InChI=1S/C16H14O2S/c17-15(11-19-14-4-2-1-3-5-14)12-6-7-16-13(10-12)8-9-18-16/h1-7,10H,8-9,11H2. The van der Waals surface area contributed by atoms with Crippen molar-refractivity contribution in [2.75, 3.05) is 12.4 Å². The number of benzene rings is 2. The van der Waals surface area contributed by atoms with E-state index in [2.05, 4.69) is 0 Å². The topological polar surface area (TPSA) is 26.3 Å². The number of Topliss-reactive ketones (excluding diaryl/α,β-unsaturated/α-hetero) is 1. The van der Waals surface area contributed by atoms with Crippen LogP contribution in [0.15, 0.2) is 53.4 Å². The Morgan fingerprint density at radius 3 is 2.84 bits per heavy atom. The Morgan fingerprint density at radius 2 is 2.00 bits per heavy atom. The van der Waals surface area contributed by atoms with Crippen molar-refractivity contribution in [1.82, 2.24) is 0 Å². The largest absolute Gasteiger partial charge is 0.493 e. The van der Waals surface area contributed by atoms with Gasteiger partial charge in [-0.3, -0.25) is 4.79 Å². The highest BCUT2D eigenvalue weighted by atomic mass is 32.2. The predicted octanol–water partition coefficient (Wildman–Crippen LogP) is 3.60. The van der Waals surface area contributed by atoms with E-state index in [0.29, 0.717) is 5.75 Å². The van der Waals surface area contributed by atoms with E-state index in [9.17, 15) is 4.79 Å². The van der Waals surface area contributed by atoms with Crippen molar-refractivity contribution < 1.29 is 9.53 Å². The summed E-state index contributed by atoms with van der Waals surface area (Å²) >= 11 is 1.58. The summed E-state index contributed by atoms with van der Waals surface area (Å²) in [6.07, 6.45) is 0.905. The highest BCUT2D eigenvalue weighted by Gasteiger charge is 2.15. The Labute approximate surface area is 116 Å². The van der Waals surface area contributed by atoms with Gasteiger partial charge in [0.1, 0.15) is 5.75 Å². The van der Waals surface area contributed by atoms with Crippen LogP contribution in [0.5, 0.6) is 5.75 Å². The van der Waals surface area contributed by atoms with Crippen LogP contribution in [0.4, 0.5) is 0 Å². The molecule has 3 rings (SSSR count). The molecule has 2 aromatic carbocycles. The number of ether oxygens (including phenoxy) is 1. The number of ketones is 1. The molecule has 1 aliphatic rings. The second-order valence-electron chi connectivity index (χ2n) is 4.45. The van der Waals surface area contributed by atoms with Crippen LogP contribution in [0.1, 0.15) is 15.9 Å². The van der Waals surface area contributed by atoms with E-state index in [0.717, 1.165) is 34.8 Å². The van der Waals surface area contributed by atoms with E-state index in [1.807, 2.05) is 48.5 Å². The van der Waals surface area contributed by atoms with Crippen LogP contribution in [-0.2, 0) is 6.42 Å². The summed E-state index contributed by atoms with van der Waals surface area (Å²) in [7, 11) is 0. The normalized spacial score (nSPS) is 12.8. The fraction of sp³-hybridized carbons (Fsp3) is 0.188. The van der Waals surface area contributed by atoms with Crippen LogP contribution >= 0.6 is 11.8 Å². The molecule has 0 radical (unpaired) electrons. The molecule has 3 heteroatoms. The number of hydrogen-bond donors (Lipinski definition) is 0. The Hall–Kier alpha value is -1.74. The third-order valence-corrected chi connectivity index (χ3v) is 4.14. The lowest BCUT2D eigenvalue weighted by Gasteiger charge is -2.04. The third kappa shape index (κ3) is 2.82. The predicted molar refractivity (Wildman–Crippen MR) is 77.1 cm³/mol. The number of carbonyl (C=O) groups is 1. The maximum atomic E-state index is 12.2. The lowest BCUT2D eigenvalue weighted by molar-refractivity contribution is 0.102. The summed E-state index contributed by atoms with van der Waals surface area (Å²) in [6.45, 7) is 0.728. The van der Waals surface area contributed by atoms with Crippen LogP contribution in [0.3, 0.4) is 0 Å². The quantitative estimate of drug-likeness (QED) is 0.627. The fourth-order valence-corrected chi connectivity index (χ4v) is 2.92. The molecule has 1 aliphatic heterocycles. The van der Waals surface area contributed by atoms with Crippen molar-refractivity contribution in [1.29, 1.82) is 0 Å². The van der Waals surface area contributed by atoms with Gasteiger partial charge in [0, 0.05) is 16.9 Å². The van der Waals surface area contributed by atoms with E-state index in [1.54, 1.807) is 11.8 Å². The first-order chi connectivity index (χ1) is 9.33. The van der Waals surface area contributed by atoms with Gasteiger partial charge in [-0.2, -0.15) is 0 Å². The molecular formula is C16H14O2S. The first-order valence-corrected chi connectivity index (χ1v) is 7.28. The summed E-state index contributed by atoms with van der Waals surface area (Å²) in [5.74, 6) is 1.57. The average Bonchev–Trinajstić information content (AvgIpc) is 2.93. The van der Waals surface area contributed by atoms with Gasteiger partial charge in [-0.15, -0.1) is 11.8 Å². The Bertz CT molecular complexity index is 593. The minimum absolute atomic E-state index is 0.170. The van der Waals surface area contributed by atoms with Crippen molar-refractivity contribution in [2.45, 2.75) is 11.3 Å². The highest BCUT2D eigenvalue weighted by molar-refractivity contribution is 8.00. The van der Waals surface area contributed by atoms with Crippen LogP contribution in [0, 0.1) is 0 Å². The summed E-state index contributed by atoms with van der Waals surface area (Å²) in [6, 6.07) is 15.7. The molecule has 19 heavy (non-hydrogen) atoms. The van der Waals surface area contributed by atoms with Crippen molar-refractivity contribution >= 4 is 17.5 Å². The maximum absolute atomic E-state index is 12.2. The lowest BCUT2D eigenvalue weighted by Crippen LogP contribution is -2.02. The first kappa shape index (κ1) is 12.3. The molecule has 0 unspecified atom stereocenters. The summed E-state index contributed by atoms with van der Waals surface area (Å²) < 4.78 is 5.45. The zero-order chi connectivity index (χ0) is 13.1. The van der Waals surface area contributed by atoms with E-state index in [-0.39, 0.29) is 5.78 Å². The van der Waals surface area contributed by atoms with Gasteiger partial charge in [0.2, 0.25) is 0 Å². The third-order valence-electron chi connectivity index (χ3n) is 3.12. The van der Waals surface area contributed by atoms with E-state index in [1.165, 1.54) is 0 Å². The summed E-state index contributed by atoms with van der Waals surface area (Å²) in [4.78, 5) is 13.3. The van der Waals surface area contributed by atoms with Gasteiger partial charge in [0.15, 0.2) is 5.78 Å². The number of thioether (sulfide) groups is 1. The molecule has 1 heterocycles. The van der Waals surface area contributed by atoms with Crippen LogP contribution in [0.2, 0.25) is 0 Å². The van der Waals surface area contributed by atoms with Crippen molar-refractivity contribution in [3.63, 3.8) is 0 Å². The summed E-state index contributed by atoms with van der Waals surface area (Å²) in [5, 5.41) is 0. The van der Waals surface area contributed by atoms with Crippen molar-refractivity contribution in [3.05, 3.63) is 59.7 Å². The van der Waals surface area contributed by atoms with Crippen LogP contribution in [0.25, 0.3) is 0 Å². The molecule has 96 valence electrons. The molecule has 0 bridgehead atoms. The molecular weight excluding hydrogens is 256 g/mol. The molecule has 2 aromatic rings. The van der Waals surface area contributed by atoms with E-state index >= 15 is 0 Å². The van der Waals surface area contributed by atoms with Crippen molar-refractivity contribution in [3.8, 4) is 5.75 Å². The van der Waals surface area contributed by atoms with Crippen molar-refractivity contribution in [2.24, 2.45) is 0 Å². The zero-order valence-electron chi connectivity index (χ0n) is 10.5. The minimum atomic E-state index is 0.170.